The van der Waals surface area contributed by atoms with E-state index in [1.54, 1.807) is 6.07 Å². The molecule has 2 aliphatic rings. The van der Waals surface area contributed by atoms with Crippen LogP contribution in [-0.2, 0) is 19.6 Å². The minimum atomic E-state index is -0.107. The Morgan fingerprint density at radius 2 is 1.93 bits per heavy atom. The van der Waals surface area contributed by atoms with Gasteiger partial charge in [0, 0.05) is 39.3 Å². The first-order valence-electron chi connectivity index (χ1n) is 10.3. The molecule has 1 fully saturated rings. The predicted molar refractivity (Wildman–Crippen MR) is 112 cm³/mol. The minimum absolute atomic E-state index is 0.107. The first-order valence-corrected chi connectivity index (χ1v) is 10.3. The van der Waals surface area contributed by atoms with Crippen LogP contribution < -0.4 is 15.5 Å². The Balaban J connectivity index is 1.27. The number of ether oxygens (including phenoxy) is 1. The summed E-state index contributed by atoms with van der Waals surface area (Å²) in [5.74, 6) is 2.38. The topological polar surface area (TPSA) is 58.0 Å². The number of fused-ring (bicyclic) bond motifs is 1. The second-order valence-corrected chi connectivity index (χ2v) is 7.93. The molecule has 1 saturated heterocycles. The van der Waals surface area contributed by atoms with Gasteiger partial charge in [-0.05, 0) is 29.9 Å². The number of likely N-dealkylation sites (tertiary alicyclic amines) is 1. The first kappa shape index (κ1) is 19.6. The molecule has 0 saturated carbocycles. The van der Waals surface area contributed by atoms with Crippen molar-refractivity contribution in [3.63, 3.8) is 0 Å². The molecule has 3 heterocycles. The fourth-order valence-electron chi connectivity index (χ4n) is 4.10. The highest BCUT2D eigenvalue weighted by Crippen LogP contribution is 2.24. The Morgan fingerprint density at radius 3 is 2.55 bits per heavy atom. The molecule has 0 amide bonds. The SMILES string of the molecule is C=C(NC)N1CCC(COc2coc(CN3Cc4ccccc4C3)cc2=O)CC1. The highest BCUT2D eigenvalue weighted by Gasteiger charge is 2.22. The molecule has 2 aromatic rings. The van der Waals surface area contributed by atoms with Crippen LogP contribution in [0.2, 0.25) is 0 Å². The van der Waals surface area contributed by atoms with Gasteiger partial charge in [-0.1, -0.05) is 30.8 Å². The van der Waals surface area contributed by atoms with Gasteiger partial charge in [-0.25, -0.2) is 0 Å². The number of nitrogens with zero attached hydrogens (tertiary/aromatic N) is 2. The Labute approximate surface area is 171 Å². The standard InChI is InChI=1S/C23H29N3O3/c1-17(24-2)26-9-7-18(8-10-26)15-29-23-16-28-21(11-22(23)27)14-25-12-19-5-3-4-6-20(19)13-25/h3-6,11,16,18,24H,1,7-10,12-15H2,2H3. The van der Waals surface area contributed by atoms with Crippen molar-refractivity contribution in [2.45, 2.75) is 32.5 Å². The number of hydrogen-bond donors (Lipinski definition) is 1. The van der Waals surface area contributed by atoms with Crippen LogP contribution in [-0.4, -0.2) is 36.5 Å². The van der Waals surface area contributed by atoms with Gasteiger partial charge in [0.05, 0.1) is 19.0 Å². The van der Waals surface area contributed by atoms with Crippen LogP contribution in [0.4, 0.5) is 0 Å². The molecule has 6 heteroatoms. The summed E-state index contributed by atoms with van der Waals surface area (Å²) >= 11 is 0. The maximum atomic E-state index is 12.5. The summed E-state index contributed by atoms with van der Waals surface area (Å²) in [5.41, 5.74) is 2.59. The number of piperidine rings is 1. The van der Waals surface area contributed by atoms with Crippen molar-refractivity contribution in [3.8, 4) is 5.75 Å². The lowest BCUT2D eigenvalue weighted by atomic mass is 9.98. The highest BCUT2D eigenvalue weighted by atomic mass is 16.5. The number of benzene rings is 1. The predicted octanol–water partition coefficient (Wildman–Crippen LogP) is 2.94. The summed E-state index contributed by atoms with van der Waals surface area (Å²) in [7, 11) is 1.89. The number of rotatable bonds is 7. The molecule has 154 valence electrons. The van der Waals surface area contributed by atoms with E-state index in [-0.39, 0.29) is 5.43 Å². The van der Waals surface area contributed by atoms with Gasteiger partial charge in [0.15, 0.2) is 0 Å². The lowest BCUT2D eigenvalue weighted by Crippen LogP contribution is -2.38. The average Bonchev–Trinajstić information content (AvgIpc) is 3.15. The fourth-order valence-corrected chi connectivity index (χ4v) is 4.10. The molecular weight excluding hydrogens is 366 g/mol. The summed E-state index contributed by atoms with van der Waals surface area (Å²) in [6.45, 7) is 8.87. The van der Waals surface area contributed by atoms with E-state index in [9.17, 15) is 4.79 Å². The smallest absolute Gasteiger partial charge is 0.227 e. The molecule has 6 nitrogen and oxygen atoms in total. The number of nitrogens with one attached hydrogen (secondary N) is 1. The summed E-state index contributed by atoms with van der Waals surface area (Å²) < 4.78 is 11.5. The summed E-state index contributed by atoms with van der Waals surface area (Å²) in [6, 6.07) is 10.0. The van der Waals surface area contributed by atoms with Gasteiger partial charge in [-0.15, -0.1) is 0 Å². The van der Waals surface area contributed by atoms with E-state index in [1.165, 1.54) is 17.4 Å². The van der Waals surface area contributed by atoms with Gasteiger partial charge in [-0.2, -0.15) is 0 Å². The largest absolute Gasteiger partial charge is 0.486 e. The fraction of sp³-hybridized carbons (Fsp3) is 0.435. The molecule has 0 radical (unpaired) electrons. The summed E-state index contributed by atoms with van der Waals surface area (Å²) in [5, 5.41) is 3.09. The van der Waals surface area contributed by atoms with Gasteiger partial charge < -0.3 is 19.4 Å². The zero-order valence-corrected chi connectivity index (χ0v) is 17.0. The van der Waals surface area contributed by atoms with Crippen LogP contribution in [0.1, 0.15) is 29.7 Å². The second kappa shape index (κ2) is 8.74. The summed E-state index contributed by atoms with van der Waals surface area (Å²) in [6.07, 6.45) is 3.53. The molecule has 0 unspecified atom stereocenters. The monoisotopic (exact) mass is 395 g/mol. The number of hydrogen-bond acceptors (Lipinski definition) is 6. The molecule has 0 spiro atoms. The van der Waals surface area contributed by atoms with Crippen molar-refractivity contribution < 1.29 is 9.15 Å². The molecule has 0 aliphatic carbocycles. The van der Waals surface area contributed by atoms with Crippen molar-refractivity contribution in [2.75, 3.05) is 26.7 Å². The molecule has 1 aromatic carbocycles. The van der Waals surface area contributed by atoms with Crippen LogP contribution in [0.5, 0.6) is 5.75 Å². The van der Waals surface area contributed by atoms with Crippen molar-refractivity contribution >= 4 is 0 Å². The lowest BCUT2D eigenvalue weighted by molar-refractivity contribution is 0.156. The molecule has 0 atom stereocenters. The molecule has 4 rings (SSSR count). The third-order valence-corrected chi connectivity index (χ3v) is 5.90. The van der Waals surface area contributed by atoms with E-state index in [0.717, 1.165) is 44.8 Å². The Hall–Kier alpha value is -2.73. The molecular formula is C23H29N3O3. The van der Waals surface area contributed by atoms with Crippen LogP contribution in [0, 0.1) is 5.92 Å². The summed E-state index contributed by atoms with van der Waals surface area (Å²) in [4.78, 5) is 17.0. The van der Waals surface area contributed by atoms with E-state index in [1.807, 2.05) is 7.05 Å². The van der Waals surface area contributed by atoms with E-state index >= 15 is 0 Å². The van der Waals surface area contributed by atoms with Gasteiger partial charge >= 0.3 is 0 Å². The van der Waals surface area contributed by atoms with E-state index in [4.69, 9.17) is 9.15 Å². The van der Waals surface area contributed by atoms with Crippen LogP contribution >= 0.6 is 0 Å². The second-order valence-electron chi connectivity index (χ2n) is 7.93. The van der Waals surface area contributed by atoms with Crippen molar-refractivity contribution in [1.29, 1.82) is 0 Å². The lowest BCUT2D eigenvalue weighted by Gasteiger charge is -2.34. The quantitative estimate of drug-likeness (QED) is 0.778. The van der Waals surface area contributed by atoms with Gasteiger partial charge in [0.1, 0.15) is 12.0 Å². The minimum Gasteiger partial charge on any atom is -0.486 e. The third-order valence-electron chi connectivity index (χ3n) is 5.90. The third kappa shape index (κ3) is 4.65. The highest BCUT2D eigenvalue weighted by molar-refractivity contribution is 5.30. The van der Waals surface area contributed by atoms with Crippen molar-refractivity contribution in [3.05, 3.63) is 76.1 Å². The van der Waals surface area contributed by atoms with Gasteiger partial charge in [-0.3, -0.25) is 9.69 Å². The Bertz CT molecular complexity index is 891. The zero-order valence-electron chi connectivity index (χ0n) is 17.0. The Kier molecular flexibility index (Phi) is 5.90. The Morgan fingerprint density at radius 1 is 1.24 bits per heavy atom. The van der Waals surface area contributed by atoms with Gasteiger partial charge in [0.25, 0.3) is 0 Å². The molecule has 1 N–H and O–H groups in total. The van der Waals surface area contributed by atoms with Crippen molar-refractivity contribution in [1.82, 2.24) is 15.1 Å². The maximum Gasteiger partial charge on any atom is 0.227 e. The molecule has 29 heavy (non-hydrogen) atoms. The van der Waals surface area contributed by atoms with Crippen LogP contribution in [0.3, 0.4) is 0 Å². The van der Waals surface area contributed by atoms with Crippen LogP contribution in [0.15, 0.2) is 58.2 Å². The molecule has 2 aliphatic heterocycles. The molecule has 0 bridgehead atoms. The van der Waals surface area contributed by atoms with Crippen LogP contribution in [0.25, 0.3) is 0 Å². The van der Waals surface area contributed by atoms with Gasteiger partial charge in [0.2, 0.25) is 11.2 Å². The van der Waals surface area contributed by atoms with Crippen molar-refractivity contribution in [2.24, 2.45) is 5.92 Å². The molecule has 1 aromatic heterocycles. The van der Waals surface area contributed by atoms with E-state index in [2.05, 4.69) is 46.0 Å². The maximum absolute atomic E-state index is 12.5. The van der Waals surface area contributed by atoms with E-state index in [0.29, 0.717) is 30.6 Å². The normalized spacial score (nSPS) is 17.2. The average molecular weight is 396 g/mol. The zero-order chi connectivity index (χ0) is 20.2. The first-order chi connectivity index (χ1) is 14.1. The van der Waals surface area contributed by atoms with E-state index < -0.39 is 0 Å².